The van der Waals surface area contributed by atoms with Crippen molar-refractivity contribution in [3.63, 3.8) is 0 Å². The number of hydrogen-bond acceptors (Lipinski definition) is 4. The lowest BCUT2D eigenvalue weighted by atomic mass is 9.95. The molecule has 0 aliphatic heterocycles. The smallest absolute Gasteiger partial charge is 0.370 e. The van der Waals surface area contributed by atoms with Crippen LogP contribution in [0.15, 0.2) is 72.1 Å². The maximum atomic E-state index is 13.0. The van der Waals surface area contributed by atoms with E-state index >= 15 is 0 Å². The molecule has 0 bridgehead atoms. The number of rotatable bonds is 4. The van der Waals surface area contributed by atoms with E-state index in [0.29, 0.717) is 5.69 Å². The van der Waals surface area contributed by atoms with Crippen molar-refractivity contribution in [2.24, 2.45) is 16.5 Å². The SMILES string of the molecule is Cc1ccc(C(=O)Nc2cc(C(F)(F)F)ccn2)cc1-c1cncc2c(N=C(N)N)cccc12. The van der Waals surface area contributed by atoms with Crippen LogP contribution >= 0.6 is 0 Å². The largest absolute Gasteiger partial charge is 0.416 e. The summed E-state index contributed by atoms with van der Waals surface area (Å²) in [6.07, 6.45) is -0.237. The Balaban J connectivity index is 1.73. The minimum absolute atomic E-state index is 0.0871. The number of amides is 1. The van der Waals surface area contributed by atoms with Crippen LogP contribution in [0.2, 0.25) is 0 Å². The summed E-state index contributed by atoms with van der Waals surface area (Å²) in [4.78, 5) is 25.1. The lowest BCUT2D eigenvalue weighted by Gasteiger charge is -2.13. The van der Waals surface area contributed by atoms with Crippen molar-refractivity contribution in [2.45, 2.75) is 13.1 Å². The van der Waals surface area contributed by atoms with Crippen LogP contribution in [0, 0.1) is 6.92 Å². The van der Waals surface area contributed by atoms with E-state index < -0.39 is 17.6 Å². The molecule has 0 fully saturated rings. The van der Waals surface area contributed by atoms with Crippen LogP contribution in [0.1, 0.15) is 21.5 Å². The average Bonchev–Trinajstić information content (AvgIpc) is 2.78. The van der Waals surface area contributed by atoms with Gasteiger partial charge < -0.3 is 16.8 Å². The molecule has 0 atom stereocenters. The zero-order valence-corrected chi connectivity index (χ0v) is 17.9. The highest BCUT2D eigenvalue weighted by molar-refractivity contribution is 6.07. The summed E-state index contributed by atoms with van der Waals surface area (Å²) in [5.41, 5.74) is 13.3. The number of anilines is 1. The van der Waals surface area contributed by atoms with Crippen molar-refractivity contribution in [1.29, 1.82) is 0 Å². The highest BCUT2D eigenvalue weighted by atomic mass is 19.4. The second-order valence-corrected chi connectivity index (χ2v) is 7.51. The maximum Gasteiger partial charge on any atom is 0.416 e. The van der Waals surface area contributed by atoms with E-state index in [2.05, 4.69) is 20.3 Å². The zero-order chi connectivity index (χ0) is 24.5. The number of halogens is 3. The Kier molecular flexibility index (Phi) is 5.89. The molecule has 5 N–H and O–H groups in total. The summed E-state index contributed by atoms with van der Waals surface area (Å²) in [6.45, 7) is 1.88. The molecule has 0 aliphatic rings. The predicted molar refractivity (Wildman–Crippen MR) is 125 cm³/mol. The first-order valence-corrected chi connectivity index (χ1v) is 10.1. The molecule has 10 heteroatoms. The van der Waals surface area contributed by atoms with Gasteiger partial charge >= 0.3 is 6.18 Å². The fourth-order valence-corrected chi connectivity index (χ4v) is 3.55. The Morgan fingerprint density at radius 1 is 1.00 bits per heavy atom. The van der Waals surface area contributed by atoms with Gasteiger partial charge in [-0.2, -0.15) is 13.2 Å². The second kappa shape index (κ2) is 8.81. The number of nitrogens with two attached hydrogens (primary N) is 2. The second-order valence-electron chi connectivity index (χ2n) is 7.51. The Labute approximate surface area is 192 Å². The number of aromatic nitrogens is 2. The van der Waals surface area contributed by atoms with Crippen molar-refractivity contribution in [2.75, 3.05) is 5.32 Å². The first-order chi connectivity index (χ1) is 16.1. The third kappa shape index (κ3) is 4.65. The molecule has 2 aromatic heterocycles. The Bertz CT molecular complexity index is 1430. The molecule has 2 heterocycles. The number of pyridine rings is 2. The van der Waals surface area contributed by atoms with E-state index in [4.69, 9.17) is 11.5 Å². The minimum atomic E-state index is -4.54. The molecule has 0 aliphatic carbocycles. The van der Waals surface area contributed by atoms with Crippen molar-refractivity contribution in [1.82, 2.24) is 9.97 Å². The first kappa shape index (κ1) is 22.7. The lowest BCUT2D eigenvalue weighted by Crippen LogP contribution is -2.21. The third-order valence-electron chi connectivity index (χ3n) is 5.15. The van der Waals surface area contributed by atoms with Crippen LogP contribution in [0.3, 0.4) is 0 Å². The molecule has 2 aromatic carbocycles. The van der Waals surface area contributed by atoms with Gasteiger partial charge in [0.2, 0.25) is 0 Å². The Hall–Kier alpha value is -4.47. The number of hydrogen-bond donors (Lipinski definition) is 3. The number of carbonyl (C=O) groups is 1. The average molecular weight is 464 g/mol. The summed E-state index contributed by atoms with van der Waals surface area (Å²) in [6, 6.07) is 12.1. The van der Waals surface area contributed by atoms with Crippen LogP contribution in [0.4, 0.5) is 24.7 Å². The van der Waals surface area contributed by atoms with Crippen LogP contribution in [-0.4, -0.2) is 21.8 Å². The molecule has 0 radical (unpaired) electrons. The van der Waals surface area contributed by atoms with E-state index in [1.165, 1.54) is 0 Å². The fraction of sp³-hybridized carbons (Fsp3) is 0.0833. The van der Waals surface area contributed by atoms with Crippen molar-refractivity contribution < 1.29 is 18.0 Å². The van der Waals surface area contributed by atoms with Gasteiger partial charge in [-0.3, -0.25) is 9.78 Å². The number of aryl methyl sites for hydroxylation is 1. The van der Waals surface area contributed by atoms with E-state index in [-0.39, 0.29) is 17.3 Å². The minimum Gasteiger partial charge on any atom is -0.370 e. The molecule has 4 aromatic rings. The van der Waals surface area contributed by atoms with Gasteiger partial charge in [-0.05, 0) is 53.8 Å². The van der Waals surface area contributed by atoms with Gasteiger partial charge in [0.1, 0.15) is 5.82 Å². The number of nitrogens with one attached hydrogen (secondary N) is 1. The topological polar surface area (TPSA) is 119 Å². The molecule has 0 saturated carbocycles. The molecule has 4 rings (SSSR count). The molecule has 1 amide bonds. The van der Waals surface area contributed by atoms with Crippen LogP contribution < -0.4 is 16.8 Å². The van der Waals surface area contributed by atoms with E-state index in [9.17, 15) is 18.0 Å². The van der Waals surface area contributed by atoms with Gasteiger partial charge in [0, 0.05) is 35.1 Å². The molecule has 0 saturated heterocycles. The van der Waals surface area contributed by atoms with Crippen molar-refractivity contribution >= 4 is 34.1 Å². The van der Waals surface area contributed by atoms with Crippen molar-refractivity contribution in [3.05, 3.63) is 83.8 Å². The third-order valence-corrected chi connectivity index (χ3v) is 5.15. The van der Waals surface area contributed by atoms with Crippen LogP contribution in [-0.2, 0) is 6.18 Å². The quantitative estimate of drug-likeness (QED) is 0.297. The molecule has 172 valence electrons. The van der Waals surface area contributed by atoms with Crippen LogP contribution in [0.25, 0.3) is 21.9 Å². The van der Waals surface area contributed by atoms with Crippen LogP contribution in [0.5, 0.6) is 0 Å². The Morgan fingerprint density at radius 2 is 1.79 bits per heavy atom. The lowest BCUT2D eigenvalue weighted by molar-refractivity contribution is -0.137. The number of guanidine groups is 1. The summed E-state index contributed by atoms with van der Waals surface area (Å²) in [5, 5.41) is 3.96. The van der Waals surface area contributed by atoms with E-state index in [1.807, 2.05) is 13.0 Å². The van der Waals surface area contributed by atoms with Gasteiger partial charge in [0.15, 0.2) is 5.96 Å². The number of nitrogens with zero attached hydrogens (tertiary/aromatic N) is 3. The van der Waals surface area contributed by atoms with Crippen molar-refractivity contribution in [3.8, 4) is 11.1 Å². The first-order valence-electron chi connectivity index (χ1n) is 10.1. The summed E-state index contributed by atoms with van der Waals surface area (Å²) in [5.74, 6) is -0.880. The summed E-state index contributed by atoms with van der Waals surface area (Å²) >= 11 is 0. The molecular formula is C24H19F3N6O. The number of aliphatic imine (C=N–C) groups is 1. The zero-order valence-electron chi connectivity index (χ0n) is 17.9. The number of alkyl halides is 3. The van der Waals surface area contributed by atoms with E-state index in [0.717, 1.165) is 45.8 Å². The summed E-state index contributed by atoms with van der Waals surface area (Å²) < 4.78 is 38.9. The van der Waals surface area contributed by atoms with Gasteiger partial charge in [0.05, 0.1) is 11.3 Å². The highest BCUT2D eigenvalue weighted by Gasteiger charge is 2.30. The molecule has 0 spiro atoms. The monoisotopic (exact) mass is 464 g/mol. The highest BCUT2D eigenvalue weighted by Crippen LogP contribution is 2.35. The number of benzene rings is 2. The predicted octanol–water partition coefficient (Wildman–Crippen LogP) is 4.78. The van der Waals surface area contributed by atoms with Gasteiger partial charge in [-0.15, -0.1) is 0 Å². The maximum absolute atomic E-state index is 13.0. The number of fused-ring (bicyclic) bond motifs is 1. The van der Waals surface area contributed by atoms with Gasteiger partial charge in [0.25, 0.3) is 5.91 Å². The number of carbonyl (C=O) groups excluding carboxylic acids is 1. The molecule has 7 nitrogen and oxygen atoms in total. The molecule has 0 unspecified atom stereocenters. The summed E-state index contributed by atoms with van der Waals surface area (Å²) in [7, 11) is 0. The van der Waals surface area contributed by atoms with E-state index in [1.54, 1.807) is 42.7 Å². The normalized spacial score (nSPS) is 11.3. The van der Waals surface area contributed by atoms with Gasteiger partial charge in [-0.25, -0.2) is 9.98 Å². The fourth-order valence-electron chi connectivity index (χ4n) is 3.55. The molecular weight excluding hydrogens is 445 g/mol. The standard InChI is InChI=1S/C24H19F3N6O/c1-13-5-6-14(22(34)33-21-10-15(7-8-31-21)24(25,26)27)9-17(13)18-11-30-12-19-16(18)3-2-4-20(19)32-23(28)29/h2-12H,1H3,(H4,28,29,32)(H,31,33,34). The molecule has 34 heavy (non-hydrogen) atoms. The van der Waals surface area contributed by atoms with Gasteiger partial charge in [-0.1, -0.05) is 18.2 Å². The Morgan fingerprint density at radius 3 is 2.53 bits per heavy atom.